The van der Waals surface area contributed by atoms with Gasteiger partial charge in [0.1, 0.15) is 17.6 Å². The van der Waals surface area contributed by atoms with Crippen LogP contribution >= 0.6 is 0 Å². The van der Waals surface area contributed by atoms with Crippen LogP contribution in [-0.2, 0) is 6.42 Å². The molecule has 0 radical (unpaired) electrons. The van der Waals surface area contributed by atoms with E-state index in [1.54, 1.807) is 7.11 Å². The highest BCUT2D eigenvalue weighted by atomic mass is 16.5. The quantitative estimate of drug-likeness (QED) is 0.879. The maximum atomic E-state index is 10.7. The minimum absolute atomic E-state index is 0.235. The van der Waals surface area contributed by atoms with E-state index in [1.165, 1.54) is 11.3 Å². The molecule has 2 aliphatic rings. The summed E-state index contributed by atoms with van der Waals surface area (Å²) in [6.07, 6.45) is 0.702. The van der Waals surface area contributed by atoms with Crippen molar-refractivity contribution in [1.29, 1.82) is 0 Å². The zero-order valence-electron chi connectivity index (χ0n) is 16.1. The van der Waals surface area contributed by atoms with Crippen molar-refractivity contribution in [3.63, 3.8) is 0 Å². The molecule has 144 valence electrons. The maximum absolute atomic E-state index is 10.7. The molecule has 0 aliphatic carbocycles. The summed E-state index contributed by atoms with van der Waals surface area (Å²) in [5.41, 5.74) is 3.43. The largest absolute Gasteiger partial charge is 0.497 e. The summed E-state index contributed by atoms with van der Waals surface area (Å²) in [6, 6.07) is 14.3. The van der Waals surface area contributed by atoms with Crippen LogP contribution in [0, 0.1) is 0 Å². The zero-order chi connectivity index (χ0) is 18.8. The number of benzene rings is 2. The van der Waals surface area contributed by atoms with Crippen LogP contribution in [0.15, 0.2) is 42.5 Å². The van der Waals surface area contributed by atoms with Crippen molar-refractivity contribution < 1.29 is 14.6 Å². The monoisotopic (exact) mass is 368 g/mol. The molecule has 2 aliphatic heterocycles. The van der Waals surface area contributed by atoms with Gasteiger partial charge in [0.15, 0.2) is 0 Å². The van der Waals surface area contributed by atoms with Crippen LogP contribution in [0.1, 0.15) is 24.2 Å². The molecule has 1 N–H and O–H groups in total. The van der Waals surface area contributed by atoms with E-state index < -0.39 is 6.10 Å². The third-order valence-corrected chi connectivity index (χ3v) is 5.55. The smallest absolute Gasteiger partial charge is 0.123 e. The Morgan fingerprint density at radius 1 is 1.11 bits per heavy atom. The van der Waals surface area contributed by atoms with Gasteiger partial charge in [-0.1, -0.05) is 6.07 Å². The standard InChI is InChI=1S/C22H28N2O3/c1-16-13-18-14-17(3-8-22(18)27-16)21(25)15-23-9-11-24(12-10-23)19-4-6-20(26-2)7-5-19/h3-8,14,16,21,25H,9-13,15H2,1-2H3/t16-,21+/m0/s1. The van der Waals surface area contributed by atoms with E-state index in [9.17, 15) is 5.11 Å². The predicted molar refractivity (Wildman–Crippen MR) is 107 cm³/mol. The number of rotatable bonds is 5. The van der Waals surface area contributed by atoms with Crippen molar-refractivity contribution in [3.8, 4) is 11.5 Å². The van der Waals surface area contributed by atoms with Gasteiger partial charge in [0.25, 0.3) is 0 Å². The Hall–Kier alpha value is -2.24. The number of hydrogen-bond acceptors (Lipinski definition) is 5. The minimum Gasteiger partial charge on any atom is -0.497 e. The molecule has 0 saturated carbocycles. The van der Waals surface area contributed by atoms with Gasteiger partial charge in [-0.05, 0) is 54.4 Å². The first kappa shape index (κ1) is 18.1. The van der Waals surface area contributed by atoms with Gasteiger partial charge in [-0.3, -0.25) is 4.90 Å². The molecule has 2 heterocycles. The third kappa shape index (κ3) is 4.04. The molecule has 1 fully saturated rings. The molecule has 2 aromatic carbocycles. The van der Waals surface area contributed by atoms with Gasteiger partial charge in [0, 0.05) is 44.8 Å². The summed E-state index contributed by atoms with van der Waals surface area (Å²) in [5.74, 6) is 1.85. The number of aliphatic hydroxyl groups excluding tert-OH is 1. The fourth-order valence-corrected chi connectivity index (χ4v) is 3.98. The summed E-state index contributed by atoms with van der Waals surface area (Å²) >= 11 is 0. The Morgan fingerprint density at radius 3 is 2.56 bits per heavy atom. The Labute approximate surface area is 161 Å². The first-order valence-corrected chi connectivity index (χ1v) is 9.71. The topological polar surface area (TPSA) is 45.2 Å². The van der Waals surface area contributed by atoms with Gasteiger partial charge in [-0.15, -0.1) is 0 Å². The molecular weight excluding hydrogens is 340 g/mol. The number of nitrogens with zero attached hydrogens (tertiary/aromatic N) is 2. The van der Waals surface area contributed by atoms with Gasteiger partial charge in [-0.25, -0.2) is 0 Å². The molecule has 5 heteroatoms. The number of fused-ring (bicyclic) bond motifs is 1. The lowest BCUT2D eigenvalue weighted by atomic mass is 10.0. The summed E-state index contributed by atoms with van der Waals surface area (Å²) in [7, 11) is 1.69. The summed E-state index contributed by atoms with van der Waals surface area (Å²) in [5, 5.41) is 10.7. The highest BCUT2D eigenvalue weighted by molar-refractivity contribution is 5.49. The second-order valence-electron chi connectivity index (χ2n) is 7.50. The third-order valence-electron chi connectivity index (χ3n) is 5.55. The molecule has 0 spiro atoms. The van der Waals surface area contributed by atoms with E-state index in [1.807, 2.05) is 24.3 Å². The molecule has 0 amide bonds. The van der Waals surface area contributed by atoms with Crippen molar-refractivity contribution in [2.45, 2.75) is 25.6 Å². The Balaban J connectivity index is 1.31. The van der Waals surface area contributed by atoms with Crippen molar-refractivity contribution >= 4 is 5.69 Å². The second kappa shape index (κ2) is 7.79. The zero-order valence-corrected chi connectivity index (χ0v) is 16.1. The number of methoxy groups -OCH3 is 1. The van der Waals surface area contributed by atoms with Crippen LogP contribution in [0.2, 0.25) is 0 Å². The van der Waals surface area contributed by atoms with Crippen LogP contribution < -0.4 is 14.4 Å². The highest BCUT2D eigenvalue weighted by Crippen LogP contribution is 2.31. The van der Waals surface area contributed by atoms with E-state index in [0.717, 1.165) is 49.7 Å². The van der Waals surface area contributed by atoms with Gasteiger partial charge >= 0.3 is 0 Å². The minimum atomic E-state index is -0.459. The summed E-state index contributed by atoms with van der Waals surface area (Å²) < 4.78 is 11.0. The van der Waals surface area contributed by atoms with E-state index >= 15 is 0 Å². The number of β-amino-alcohol motifs (C(OH)–C–C–N with tert-alkyl or cyclic N) is 1. The van der Waals surface area contributed by atoms with Crippen LogP contribution in [0.3, 0.4) is 0 Å². The van der Waals surface area contributed by atoms with Gasteiger partial charge < -0.3 is 19.5 Å². The molecule has 5 nitrogen and oxygen atoms in total. The van der Waals surface area contributed by atoms with E-state index in [0.29, 0.717) is 6.54 Å². The maximum Gasteiger partial charge on any atom is 0.123 e. The number of anilines is 1. The second-order valence-corrected chi connectivity index (χ2v) is 7.50. The average Bonchev–Trinajstić information content (AvgIpc) is 3.08. The number of hydrogen-bond donors (Lipinski definition) is 1. The first-order chi connectivity index (χ1) is 13.1. The van der Waals surface area contributed by atoms with Gasteiger partial charge in [0.2, 0.25) is 0 Å². The van der Waals surface area contributed by atoms with Crippen molar-refractivity contribution in [1.82, 2.24) is 4.90 Å². The molecular formula is C22H28N2O3. The average molecular weight is 368 g/mol. The van der Waals surface area contributed by atoms with Crippen molar-refractivity contribution in [3.05, 3.63) is 53.6 Å². The number of aliphatic hydroxyl groups is 1. The molecule has 0 bridgehead atoms. The highest BCUT2D eigenvalue weighted by Gasteiger charge is 2.23. The molecule has 0 aromatic heterocycles. The first-order valence-electron chi connectivity index (χ1n) is 9.71. The number of ether oxygens (including phenoxy) is 2. The molecule has 2 aromatic rings. The Kier molecular flexibility index (Phi) is 5.23. The summed E-state index contributed by atoms with van der Waals surface area (Å²) in [6.45, 7) is 6.59. The predicted octanol–water partition coefficient (Wildman–Crippen LogP) is 2.87. The fraction of sp³-hybridized carbons (Fsp3) is 0.455. The van der Waals surface area contributed by atoms with Crippen LogP contribution in [0.5, 0.6) is 11.5 Å². The molecule has 27 heavy (non-hydrogen) atoms. The molecule has 4 rings (SSSR count). The lowest BCUT2D eigenvalue weighted by molar-refractivity contribution is 0.109. The fourth-order valence-electron chi connectivity index (χ4n) is 3.98. The van der Waals surface area contributed by atoms with Gasteiger partial charge in [-0.2, -0.15) is 0 Å². The van der Waals surface area contributed by atoms with E-state index in [4.69, 9.17) is 9.47 Å². The summed E-state index contributed by atoms with van der Waals surface area (Å²) in [4.78, 5) is 4.73. The van der Waals surface area contributed by atoms with Gasteiger partial charge in [0.05, 0.1) is 13.2 Å². The normalized spacial score (nSPS) is 20.9. The Bertz CT molecular complexity index is 770. The number of piperazine rings is 1. The molecule has 1 saturated heterocycles. The van der Waals surface area contributed by atoms with Crippen LogP contribution in [0.25, 0.3) is 0 Å². The molecule has 2 atom stereocenters. The Morgan fingerprint density at radius 2 is 1.85 bits per heavy atom. The van der Waals surface area contributed by atoms with E-state index in [-0.39, 0.29) is 6.10 Å². The lowest BCUT2D eigenvalue weighted by Crippen LogP contribution is -2.47. The van der Waals surface area contributed by atoms with Crippen LogP contribution in [-0.4, -0.2) is 55.9 Å². The SMILES string of the molecule is COc1ccc(N2CCN(C[C@@H](O)c3ccc4c(c3)C[C@H](C)O4)CC2)cc1. The van der Waals surface area contributed by atoms with E-state index in [2.05, 4.69) is 34.9 Å². The molecule has 0 unspecified atom stereocenters. The lowest BCUT2D eigenvalue weighted by Gasteiger charge is -2.37. The van der Waals surface area contributed by atoms with Crippen molar-refractivity contribution in [2.75, 3.05) is 44.7 Å². The van der Waals surface area contributed by atoms with Crippen molar-refractivity contribution in [2.24, 2.45) is 0 Å². The van der Waals surface area contributed by atoms with Crippen LogP contribution in [0.4, 0.5) is 5.69 Å².